The van der Waals surface area contributed by atoms with Crippen LogP contribution in [0, 0.1) is 5.92 Å². The van der Waals surface area contributed by atoms with Crippen molar-refractivity contribution in [1.29, 1.82) is 0 Å². The molecule has 2 saturated heterocycles. The molecule has 0 bridgehead atoms. The van der Waals surface area contributed by atoms with Gasteiger partial charge in [0.25, 0.3) is 0 Å². The quantitative estimate of drug-likeness (QED) is 0.741. The number of nitrogens with zero attached hydrogens (tertiary/aromatic N) is 2. The summed E-state index contributed by atoms with van der Waals surface area (Å²) in [7, 11) is 1.61. The van der Waals surface area contributed by atoms with Crippen molar-refractivity contribution >= 4 is 17.7 Å². The molecule has 2 heterocycles. The van der Waals surface area contributed by atoms with Gasteiger partial charge in [-0.25, -0.2) is 0 Å². The highest BCUT2D eigenvalue weighted by Crippen LogP contribution is 2.22. The second kappa shape index (κ2) is 11.0. The first kappa shape index (κ1) is 22.1. The zero-order chi connectivity index (χ0) is 21.3. The molecule has 7 heteroatoms. The van der Waals surface area contributed by atoms with E-state index in [4.69, 9.17) is 4.74 Å². The van der Waals surface area contributed by atoms with Crippen LogP contribution < -0.4 is 10.1 Å². The monoisotopic (exact) mass is 415 g/mol. The van der Waals surface area contributed by atoms with Gasteiger partial charge >= 0.3 is 0 Å². The fourth-order valence-electron chi connectivity index (χ4n) is 4.16. The summed E-state index contributed by atoms with van der Waals surface area (Å²) in [5, 5.41) is 2.85. The summed E-state index contributed by atoms with van der Waals surface area (Å²) >= 11 is 0. The van der Waals surface area contributed by atoms with E-state index in [0.29, 0.717) is 19.6 Å². The van der Waals surface area contributed by atoms with Gasteiger partial charge in [-0.3, -0.25) is 14.4 Å². The van der Waals surface area contributed by atoms with Gasteiger partial charge in [0, 0.05) is 51.5 Å². The predicted molar refractivity (Wildman–Crippen MR) is 114 cm³/mol. The summed E-state index contributed by atoms with van der Waals surface area (Å²) in [6, 6.07) is 7.51. The summed E-state index contributed by atoms with van der Waals surface area (Å²) in [4.78, 5) is 41.0. The highest BCUT2D eigenvalue weighted by atomic mass is 16.5. The average Bonchev–Trinajstić information content (AvgIpc) is 2.81. The molecule has 30 heavy (non-hydrogen) atoms. The molecular formula is C23H33N3O4. The third-order valence-electron chi connectivity index (χ3n) is 6.08. The van der Waals surface area contributed by atoms with E-state index in [1.165, 1.54) is 6.42 Å². The lowest BCUT2D eigenvalue weighted by molar-refractivity contribution is -0.141. The van der Waals surface area contributed by atoms with Gasteiger partial charge in [-0.2, -0.15) is 0 Å². The Labute approximate surface area is 178 Å². The molecule has 0 radical (unpaired) electrons. The minimum Gasteiger partial charge on any atom is -0.497 e. The number of nitrogens with one attached hydrogen (secondary N) is 1. The smallest absolute Gasteiger partial charge is 0.225 e. The average molecular weight is 416 g/mol. The van der Waals surface area contributed by atoms with Crippen LogP contribution in [-0.2, 0) is 20.9 Å². The summed E-state index contributed by atoms with van der Waals surface area (Å²) in [5.74, 6) is 0.949. The molecule has 0 spiro atoms. The third kappa shape index (κ3) is 6.21. The second-order valence-electron chi connectivity index (χ2n) is 8.17. The molecule has 2 fully saturated rings. The molecule has 2 aliphatic rings. The Bertz CT molecular complexity index is 720. The molecule has 0 saturated carbocycles. The van der Waals surface area contributed by atoms with Crippen LogP contribution in [0.25, 0.3) is 0 Å². The first-order chi connectivity index (χ1) is 14.6. The lowest BCUT2D eigenvalue weighted by Gasteiger charge is -2.35. The van der Waals surface area contributed by atoms with Gasteiger partial charge in [-0.15, -0.1) is 0 Å². The molecule has 3 rings (SSSR count). The third-order valence-corrected chi connectivity index (χ3v) is 6.08. The van der Waals surface area contributed by atoms with Gasteiger partial charge in [-0.05, 0) is 49.8 Å². The van der Waals surface area contributed by atoms with Gasteiger partial charge in [0.2, 0.25) is 17.7 Å². The van der Waals surface area contributed by atoms with Crippen LogP contribution in [0.4, 0.5) is 0 Å². The molecule has 2 aliphatic heterocycles. The minimum atomic E-state index is -0.130. The number of piperidine rings is 2. The van der Waals surface area contributed by atoms with Crippen molar-refractivity contribution < 1.29 is 19.1 Å². The molecule has 1 N–H and O–H groups in total. The summed E-state index contributed by atoms with van der Waals surface area (Å²) in [5.41, 5.74) is 0.982. The van der Waals surface area contributed by atoms with Gasteiger partial charge < -0.3 is 19.9 Å². The van der Waals surface area contributed by atoms with Gasteiger partial charge in [0.05, 0.1) is 7.11 Å². The molecular weight excluding hydrogens is 382 g/mol. The van der Waals surface area contributed by atoms with Gasteiger partial charge in [0.1, 0.15) is 5.75 Å². The van der Waals surface area contributed by atoms with Gasteiger partial charge in [0.15, 0.2) is 0 Å². The fourth-order valence-corrected chi connectivity index (χ4v) is 4.16. The maximum absolute atomic E-state index is 12.6. The number of hydrogen-bond acceptors (Lipinski definition) is 4. The maximum Gasteiger partial charge on any atom is 0.225 e. The molecule has 3 amide bonds. The van der Waals surface area contributed by atoms with E-state index < -0.39 is 0 Å². The largest absolute Gasteiger partial charge is 0.497 e. The van der Waals surface area contributed by atoms with Crippen molar-refractivity contribution in [3.63, 3.8) is 0 Å². The number of rotatable bonds is 7. The topological polar surface area (TPSA) is 79.0 Å². The van der Waals surface area contributed by atoms with Crippen LogP contribution in [0.5, 0.6) is 5.75 Å². The molecule has 0 aromatic heterocycles. The van der Waals surface area contributed by atoms with E-state index in [0.717, 1.165) is 50.1 Å². The standard InChI is InChI=1S/C23H33N3O4/c1-30-20-7-5-18(6-8-20)17-24-21(27)9-10-22(28)25-15-11-19(12-16-25)23(29)26-13-3-2-4-14-26/h5-8,19H,2-4,9-17H2,1H3,(H,24,27). The number of methoxy groups -OCH3 is 1. The maximum atomic E-state index is 12.6. The van der Waals surface area contributed by atoms with Crippen LogP contribution in [0.1, 0.15) is 50.5 Å². The van der Waals surface area contributed by atoms with Crippen LogP contribution in [0.3, 0.4) is 0 Å². The number of amides is 3. The van der Waals surface area contributed by atoms with Crippen LogP contribution in [-0.4, -0.2) is 60.8 Å². The summed E-state index contributed by atoms with van der Waals surface area (Å²) < 4.78 is 5.12. The Morgan fingerprint density at radius 2 is 1.60 bits per heavy atom. The lowest BCUT2D eigenvalue weighted by atomic mass is 9.94. The molecule has 164 valence electrons. The molecule has 0 atom stereocenters. The Kier molecular flexibility index (Phi) is 8.11. The molecule has 0 unspecified atom stereocenters. The van der Waals surface area contributed by atoms with Crippen molar-refractivity contribution in [3.05, 3.63) is 29.8 Å². The van der Waals surface area contributed by atoms with E-state index in [2.05, 4.69) is 5.32 Å². The summed E-state index contributed by atoms with van der Waals surface area (Å²) in [6.45, 7) is 3.40. The van der Waals surface area contributed by atoms with Crippen LogP contribution in [0.2, 0.25) is 0 Å². The minimum absolute atomic E-state index is 0.00142. The van der Waals surface area contributed by atoms with E-state index >= 15 is 0 Å². The van der Waals surface area contributed by atoms with Crippen molar-refractivity contribution in [2.24, 2.45) is 5.92 Å². The Hall–Kier alpha value is -2.57. The lowest BCUT2D eigenvalue weighted by Crippen LogP contribution is -2.45. The zero-order valence-electron chi connectivity index (χ0n) is 17.9. The first-order valence-electron chi connectivity index (χ1n) is 11.0. The van der Waals surface area contributed by atoms with Crippen LogP contribution in [0.15, 0.2) is 24.3 Å². The number of hydrogen-bond donors (Lipinski definition) is 1. The van der Waals surface area contributed by atoms with E-state index in [-0.39, 0.29) is 36.5 Å². The molecule has 0 aliphatic carbocycles. The van der Waals surface area contributed by atoms with Gasteiger partial charge in [-0.1, -0.05) is 12.1 Å². The van der Waals surface area contributed by atoms with E-state index in [9.17, 15) is 14.4 Å². The Morgan fingerprint density at radius 1 is 0.933 bits per heavy atom. The molecule has 1 aromatic rings. The summed E-state index contributed by atoms with van der Waals surface area (Å²) in [6.07, 6.45) is 5.26. The predicted octanol–water partition coefficient (Wildman–Crippen LogP) is 2.34. The molecule has 1 aromatic carbocycles. The van der Waals surface area contributed by atoms with E-state index in [1.807, 2.05) is 29.2 Å². The van der Waals surface area contributed by atoms with Crippen LogP contribution >= 0.6 is 0 Å². The SMILES string of the molecule is COc1ccc(CNC(=O)CCC(=O)N2CCC(C(=O)N3CCCCC3)CC2)cc1. The Morgan fingerprint density at radius 3 is 2.23 bits per heavy atom. The number of benzene rings is 1. The fraction of sp³-hybridized carbons (Fsp3) is 0.609. The van der Waals surface area contributed by atoms with Crippen molar-refractivity contribution in [1.82, 2.24) is 15.1 Å². The number of ether oxygens (including phenoxy) is 1. The number of carbonyl (C=O) groups excluding carboxylic acids is 3. The Balaban J connectivity index is 1.34. The van der Waals surface area contributed by atoms with Crippen molar-refractivity contribution in [3.8, 4) is 5.75 Å². The van der Waals surface area contributed by atoms with Crippen molar-refractivity contribution in [2.75, 3.05) is 33.3 Å². The number of likely N-dealkylation sites (tertiary alicyclic amines) is 2. The van der Waals surface area contributed by atoms with E-state index in [1.54, 1.807) is 12.0 Å². The highest BCUT2D eigenvalue weighted by molar-refractivity contribution is 5.84. The first-order valence-corrected chi connectivity index (χ1v) is 11.0. The van der Waals surface area contributed by atoms with Crippen molar-refractivity contribution in [2.45, 2.75) is 51.5 Å². The zero-order valence-corrected chi connectivity index (χ0v) is 17.9. The number of carbonyl (C=O) groups is 3. The normalized spacial score (nSPS) is 17.5. The highest BCUT2D eigenvalue weighted by Gasteiger charge is 2.30. The molecule has 7 nitrogen and oxygen atoms in total. The second-order valence-corrected chi connectivity index (χ2v) is 8.17.